The van der Waals surface area contributed by atoms with Crippen molar-refractivity contribution in [3.8, 4) is 62.5 Å². The van der Waals surface area contributed by atoms with E-state index in [1.54, 1.807) is 0 Å². The Balaban J connectivity index is 1.15. The minimum absolute atomic E-state index is 0.356. The quantitative estimate of drug-likeness (QED) is 0.186. The van der Waals surface area contributed by atoms with Gasteiger partial charge in [-0.05, 0) is 108 Å². The molecule has 48 heavy (non-hydrogen) atoms. The van der Waals surface area contributed by atoms with Gasteiger partial charge in [0.25, 0.3) is 0 Å². The van der Waals surface area contributed by atoms with Gasteiger partial charge in [-0.1, -0.05) is 109 Å². The van der Waals surface area contributed by atoms with Crippen LogP contribution < -0.4 is 0 Å². The first-order valence-electron chi connectivity index (χ1n) is 17.3. The van der Waals surface area contributed by atoms with Crippen LogP contribution in [-0.4, -0.2) is 15.0 Å². The van der Waals surface area contributed by atoms with Crippen molar-refractivity contribution < 1.29 is 0 Å². The lowest BCUT2D eigenvalue weighted by atomic mass is 9.48. The van der Waals surface area contributed by atoms with E-state index in [1.165, 1.54) is 44.1 Å². The molecule has 0 radical (unpaired) electrons. The molecule has 0 atom stereocenters. The molecule has 4 aliphatic carbocycles. The van der Waals surface area contributed by atoms with Crippen LogP contribution in [0.4, 0.5) is 0 Å². The fourth-order valence-corrected chi connectivity index (χ4v) is 9.34. The standard InChI is InChI=1S/C44H36N4/c45-28-29-8-7-13-36(23-29)39-19-16-37(24-40(39)33-9-3-1-4-10-33)43-47-41(34-11-5-2-6-12-34)46-42(48-43)35-14-17-38(18-15-35)44-25-30-20-31(26-44)22-32(21-30)27-44/h1-19,23-24,30-32H,20-22,25-27H2. The summed E-state index contributed by atoms with van der Waals surface area (Å²) in [7, 11) is 0. The van der Waals surface area contributed by atoms with Crippen molar-refractivity contribution in [2.75, 3.05) is 0 Å². The third kappa shape index (κ3) is 5.20. The molecule has 1 aromatic heterocycles. The SMILES string of the molecule is N#Cc1cccc(-c2ccc(-c3nc(-c4ccccc4)nc(-c4ccc(C56CC7CC(CC(C7)C5)C6)cc4)n3)cc2-c2ccccc2)c1. The van der Waals surface area contributed by atoms with Crippen molar-refractivity contribution in [3.05, 3.63) is 139 Å². The molecule has 0 aliphatic heterocycles. The summed E-state index contributed by atoms with van der Waals surface area (Å²) in [6.07, 6.45) is 8.41. The molecule has 0 saturated heterocycles. The first-order valence-corrected chi connectivity index (χ1v) is 17.3. The van der Waals surface area contributed by atoms with Gasteiger partial charge in [0.2, 0.25) is 0 Å². The minimum atomic E-state index is 0.356. The monoisotopic (exact) mass is 620 g/mol. The van der Waals surface area contributed by atoms with E-state index in [1.807, 2.05) is 42.5 Å². The third-order valence-electron chi connectivity index (χ3n) is 11.1. The Morgan fingerprint density at radius 1 is 0.479 bits per heavy atom. The lowest BCUT2D eigenvalue weighted by Gasteiger charge is -2.57. The highest BCUT2D eigenvalue weighted by atomic mass is 15.0. The highest BCUT2D eigenvalue weighted by Gasteiger charge is 2.51. The van der Waals surface area contributed by atoms with Crippen molar-refractivity contribution in [3.63, 3.8) is 0 Å². The summed E-state index contributed by atoms with van der Waals surface area (Å²) in [5, 5.41) is 9.59. The molecule has 5 aromatic carbocycles. The maximum atomic E-state index is 9.59. The van der Waals surface area contributed by atoms with Gasteiger partial charge in [0.05, 0.1) is 11.6 Å². The van der Waals surface area contributed by atoms with Crippen LogP contribution in [0, 0.1) is 29.1 Å². The van der Waals surface area contributed by atoms with Crippen LogP contribution in [0.3, 0.4) is 0 Å². The third-order valence-corrected chi connectivity index (χ3v) is 11.1. The predicted molar refractivity (Wildman–Crippen MR) is 192 cm³/mol. The molecule has 4 saturated carbocycles. The second-order valence-corrected chi connectivity index (χ2v) is 14.3. The molecule has 0 N–H and O–H groups in total. The number of benzene rings is 5. The van der Waals surface area contributed by atoms with E-state index in [0.717, 1.165) is 56.7 Å². The molecule has 4 aliphatic rings. The summed E-state index contributed by atoms with van der Waals surface area (Å²) in [5.41, 5.74) is 9.60. The molecule has 4 fully saturated rings. The van der Waals surface area contributed by atoms with Gasteiger partial charge in [-0.2, -0.15) is 5.26 Å². The number of nitriles is 1. The van der Waals surface area contributed by atoms with Crippen LogP contribution in [0.2, 0.25) is 0 Å². The van der Waals surface area contributed by atoms with Gasteiger partial charge in [0.15, 0.2) is 17.5 Å². The van der Waals surface area contributed by atoms with Crippen molar-refractivity contribution in [2.24, 2.45) is 17.8 Å². The highest BCUT2D eigenvalue weighted by molar-refractivity contribution is 5.87. The Morgan fingerprint density at radius 3 is 1.60 bits per heavy atom. The summed E-state index contributed by atoms with van der Waals surface area (Å²) in [6.45, 7) is 0. The topological polar surface area (TPSA) is 62.5 Å². The Bertz CT molecular complexity index is 2130. The zero-order chi connectivity index (χ0) is 32.1. The van der Waals surface area contributed by atoms with Gasteiger partial charge in [-0.15, -0.1) is 0 Å². The van der Waals surface area contributed by atoms with E-state index in [-0.39, 0.29) is 0 Å². The van der Waals surface area contributed by atoms with Crippen LogP contribution in [0.5, 0.6) is 0 Å². The summed E-state index contributed by atoms with van der Waals surface area (Å²) < 4.78 is 0. The van der Waals surface area contributed by atoms with E-state index >= 15 is 0 Å². The van der Waals surface area contributed by atoms with Crippen LogP contribution in [0.15, 0.2) is 127 Å². The molecule has 10 rings (SSSR count). The van der Waals surface area contributed by atoms with Gasteiger partial charge in [-0.25, -0.2) is 15.0 Å². The molecular formula is C44H36N4. The van der Waals surface area contributed by atoms with E-state index in [0.29, 0.717) is 28.5 Å². The zero-order valence-electron chi connectivity index (χ0n) is 26.9. The molecule has 0 amide bonds. The Kier molecular flexibility index (Phi) is 7.01. The van der Waals surface area contributed by atoms with Crippen molar-refractivity contribution in [1.82, 2.24) is 15.0 Å². The zero-order valence-corrected chi connectivity index (χ0v) is 26.9. The summed E-state index contributed by atoms with van der Waals surface area (Å²) in [5.74, 6) is 4.73. The Labute approximate surface area is 282 Å². The van der Waals surface area contributed by atoms with E-state index in [2.05, 4.69) is 91.0 Å². The van der Waals surface area contributed by atoms with E-state index in [9.17, 15) is 5.26 Å². The summed E-state index contributed by atoms with van der Waals surface area (Å²) in [6, 6.07) is 46.2. The van der Waals surface area contributed by atoms with Gasteiger partial charge < -0.3 is 0 Å². The lowest BCUT2D eigenvalue weighted by molar-refractivity contribution is -0.00518. The molecule has 1 heterocycles. The second-order valence-electron chi connectivity index (χ2n) is 14.3. The number of rotatable bonds is 6. The number of hydrogen-bond acceptors (Lipinski definition) is 4. The predicted octanol–water partition coefficient (Wildman–Crippen LogP) is 10.5. The molecule has 232 valence electrons. The van der Waals surface area contributed by atoms with E-state index < -0.39 is 0 Å². The van der Waals surface area contributed by atoms with Crippen molar-refractivity contribution >= 4 is 0 Å². The normalized spacial score (nSPS) is 22.4. The van der Waals surface area contributed by atoms with Crippen LogP contribution in [-0.2, 0) is 5.41 Å². The summed E-state index contributed by atoms with van der Waals surface area (Å²) >= 11 is 0. The average molecular weight is 621 g/mol. The molecular weight excluding hydrogens is 585 g/mol. The Hall–Kier alpha value is -5.40. The fourth-order valence-electron chi connectivity index (χ4n) is 9.34. The van der Waals surface area contributed by atoms with Crippen molar-refractivity contribution in [2.45, 2.75) is 43.9 Å². The molecule has 0 unspecified atom stereocenters. The minimum Gasteiger partial charge on any atom is -0.208 e. The largest absolute Gasteiger partial charge is 0.208 e. The van der Waals surface area contributed by atoms with Gasteiger partial charge in [0, 0.05) is 16.7 Å². The van der Waals surface area contributed by atoms with Gasteiger partial charge in [0.1, 0.15) is 0 Å². The average Bonchev–Trinajstić information content (AvgIpc) is 3.15. The Morgan fingerprint density at radius 2 is 1.00 bits per heavy atom. The van der Waals surface area contributed by atoms with Gasteiger partial charge in [-0.3, -0.25) is 0 Å². The first kappa shape index (κ1) is 28.8. The summed E-state index contributed by atoms with van der Waals surface area (Å²) in [4.78, 5) is 15.2. The maximum Gasteiger partial charge on any atom is 0.164 e. The number of nitrogens with zero attached hydrogens (tertiary/aromatic N) is 4. The molecule has 4 nitrogen and oxygen atoms in total. The van der Waals surface area contributed by atoms with Crippen LogP contribution in [0.1, 0.15) is 49.7 Å². The lowest BCUT2D eigenvalue weighted by Crippen LogP contribution is -2.48. The second kappa shape index (κ2) is 11.7. The molecule has 0 spiro atoms. The maximum absolute atomic E-state index is 9.59. The number of hydrogen-bond donors (Lipinski definition) is 0. The molecule has 4 heteroatoms. The van der Waals surface area contributed by atoms with Gasteiger partial charge >= 0.3 is 0 Å². The molecule has 4 bridgehead atoms. The fraction of sp³-hybridized carbons (Fsp3) is 0.227. The van der Waals surface area contributed by atoms with E-state index in [4.69, 9.17) is 15.0 Å². The van der Waals surface area contributed by atoms with Crippen molar-refractivity contribution in [1.29, 1.82) is 5.26 Å². The number of aromatic nitrogens is 3. The highest BCUT2D eigenvalue weighted by Crippen LogP contribution is 2.60. The molecule has 6 aromatic rings. The smallest absolute Gasteiger partial charge is 0.164 e. The first-order chi connectivity index (χ1) is 23.6. The van der Waals surface area contributed by atoms with Crippen LogP contribution >= 0.6 is 0 Å². The van der Waals surface area contributed by atoms with Crippen LogP contribution in [0.25, 0.3) is 56.4 Å².